The summed E-state index contributed by atoms with van der Waals surface area (Å²) in [4.78, 5) is 15.1. The second-order valence-corrected chi connectivity index (χ2v) is 10.2. The summed E-state index contributed by atoms with van der Waals surface area (Å²) in [7, 11) is -3.68. The molecule has 1 aromatic carbocycles. The number of anilines is 2. The van der Waals surface area contributed by atoms with Gasteiger partial charge in [-0.05, 0) is 32.8 Å². The summed E-state index contributed by atoms with van der Waals surface area (Å²) in [5.41, 5.74) is -0.0350. The van der Waals surface area contributed by atoms with Crippen molar-refractivity contribution in [3.63, 3.8) is 0 Å². The van der Waals surface area contributed by atoms with E-state index in [4.69, 9.17) is 5.14 Å². The van der Waals surface area contributed by atoms with E-state index in [1.807, 2.05) is 4.90 Å². The van der Waals surface area contributed by atoms with Crippen molar-refractivity contribution in [3.05, 3.63) is 53.2 Å². The molecular formula is C22H25F3N6O2S. The fraction of sp³-hybridized carbons (Fsp3) is 0.409. The number of fused-ring (bicyclic) bond motifs is 1. The molecule has 2 atom stereocenters. The second-order valence-electron chi connectivity index (χ2n) is 8.40. The second kappa shape index (κ2) is 9.34. The van der Waals surface area contributed by atoms with Gasteiger partial charge in [0.1, 0.15) is 23.3 Å². The van der Waals surface area contributed by atoms with E-state index in [-0.39, 0.29) is 12.1 Å². The first-order valence-electron chi connectivity index (χ1n) is 10.8. The molecule has 1 unspecified atom stereocenters. The van der Waals surface area contributed by atoms with Crippen LogP contribution in [0, 0.1) is 12.7 Å². The SMILES string of the molecule is Cc1nc(N[C@H](C)c2cccc(C(F)F)c2F)c2cc(N3CCCC(S(N)(=O)=O)C3)ncc2n1. The standard InChI is InChI=1S/C22H25F3N6O2S/c1-12(15-6-3-7-16(20(15)23)21(24)25)28-22-17-9-19(27-10-18(17)29-13(2)30-22)31-8-4-5-14(11-31)34(26,32)33/h3,6-7,9-10,12,14,21H,4-5,8,11H2,1-2H3,(H2,26,32,33)(H,28,29,30)/t12-,14?/m1/s1. The van der Waals surface area contributed by atoms with Gasteiger partial charge in [-0.2, -0.15) is 0 Å². The van der Waals surface area contributed by atoms with E-state index < -0.39 is 39.1 Å². The van der Waals surface area contributed by atoms with Crippen LogP contribution in [0.25, 0.3) is 10.9 Å². The Morgan fingerprint density at radius 2 is 1.97 bits per heavy atom. The molecule has 12 heteroatoms. The van der Waals surface area contributed by atoms with Gasteiger partial charge in [0, 0.05) is 24.0 Å². The normalized spacial score (nSPS) is 17.9. The molecule has 182 valence electrons. The van der Waals surface area contributed by atoms with Gasteiger partial charge in [0.2, 0.25) is 10.0 Å². The molecule has 0 bridgehead atoms. The summed E-state index contributed by atoms with van der Waals surface area (Å²) < 4.78 is 64.6. The largest absolute Gasteiger partial charge is 0.363 e. The number of nitrogens with zero attached hydrogens (tertiary/aromatic N) is 4. The van der Waals surface area contributed by atoms with Gasteiger partial charge in [0.05, 0.1) is 28.6 Å². The van der Waals surface area contributed by atoms with Crippen molar-refractivity contribution in [1.82, 2.24) is 15.0 Å². The molecule has 1 fully saturated rings. The minimum atomic E-state index is -3.68. The number of alkyl halides is 2. The number of pyridine rings is 1. The Morgan fingerprint density at radius 1 is 1.24 bits per heavy atom. The van der Waals surface area contributed by atoms with E-state index in [9.17, 15) is 21.6 Å². The van der Waals surface area contributed by atoms with Crippen LogP contribution >= 0.6 is 0 Å². The first-order chi connectivity index (χ1) is 16.0. The maximum absolute atomic E-state index is 14.7. The fourth-order valence-corrected chi connectivity index (χ4v) is 5.07. The zero-order chi connectivity index (χ0) is 24.6. The van der Waals surface area contributed by atoms with Crippen LogP contribution in [0.1, 0.15) is 49.2 Å². The predicted molar refractivity (Wildman–Crippen MR) is 124 cm³/mol. The highest BCUT2D eigenvalue weighted by Gasteiger charge is 2.29. The number of nitrogens with two attached hydrogens (primary N) is 1. The summed E-state index contributed by atoms with van der Waals surface area (Å²) in [5.74, 6) is 0.415. The van der Waals surface area contributed by atoms with Crippen LogP contribution in [0.5, 0.6) is 0 Å². The highest BCUT2D eigenvalue weighted by atomic mass is 32.2. The van der Waals surface area contributed by atoms with Crippen molar-refractivity contribution in [2.75, 3.05) is 23.3 Å². The molecule has 1 saturated heterocycles. The Hall–Kier alpha value is -2.99. The van der Waals surface area contributed by atoms with Crippen molar-refractivity contribution in [2.24, 2.45) is 5.14 Å². The Labute approximate surface area is 195 Å². The molecule has 3 heterocycles. The average Bonchev–Trinajstić information content (AvgIpc) is 2.78. The Bertz CT molecular complexity index is 1320. The zero-order valence-electron chi connectivity index (χ0n) is 18.7. The summed E-state index contributed by atoms with van der Waals surface area (Å²) in [6, 6.07) is 4.97. The quantitative estimate of drug-likeness (QED) is 0.535. The zero-order valence-corrected chi connectivity index (χ0v) is 19.5. The number of hydrogen-bond donors (Lipinski definition) is 2. The van der Waals surface area contributed by atoms with Gasteiger partial charge >= 0.3 is 0 Å². The van der Waals surface area contributed by atoms with Crippen LogP contribution in [0.2, 0.25) is 0 Å². The lowest BCUT2D eigenvalue weighted by atomic mass is 10.0. The number of hydrogen-bond acceptors (Lipinski definition) is 7. The molecule has 4 rings (SSSR count). The topological polar surface area (TPSA) is 114 Å². The smallest absolute Gasteiger partial charge is 0.266 e. The summed E-state index contributed by atoms with van der Waals surface area (Å²) in [5, 5.41) is 8.37. The molecule has 0 spiro atoms. The third-order valence-corrected chi connectivity index (χ3v) is 7.27. The Kier molecular flexibility index (Phi) is 6.63. The van der Waals surface area contributed by atoms with E-state index in [1.165, 1.54) is 12.1 Å². The molecule has 0 amide bonds. The summed E-state index contributed by atoms with van der Waals surface area (Å²) in [6.07, 6.45) is -0.228. The van der Waals surface area contributed by atoms with Gasteiger partial charge in [0.25, 0.3) is 6.43 Å². The lowest BCUT2D eigenvalue weighted by Crippen LogP contribution is -2.45. The fourth-order valence-electron chi connectivity index (χ4n) is 4.19. The average molecular weight is 495 g/mol. The van der Waals surface area contributed by atoms with Gasteiger partial charge in [-0.15, -0.1) is 0 Å². The summed E-state index contributed by atoms with van der Waals surface area (Å²) >= 11 is 0. The number of rotatable bonds is 6. The molecule has 34 heavy (non-hydrogen) atoms. The van der Waals surface area contributed by atoms with Gasteiger partial charge < -0.3 is 10.2 Å². The van der Waals surface area contributed by atoms with Crippen molar-refractivity contribution in [2.45, 2.75) is 44.4 Å². The van der Waals surface area contributed by atoms with E-state index >= 15 is 0 Å². The number of aryl methyl sites for hydroxylation is 1. The minimum absolute atomic E-state index is 0.0866. The number of piperidine rings is 1. The van der Waals surface area contributed by atoms with Crippen LogP contribution in [-0.4, -0.2) is 41.7 Å². The van der Waals surface area contributed by atoms with Crippen molar-refractivity contribution in [1.29, 1.82) is 0 Å². The highest BCUT2D eigenvalue weighted by molar-refractivity contribution is 7.89. The highest BCUT2D eigenvalue weighted by Crippen LogP contribution is 2.31. The van der Waals surface area contributed by atoms with Crippen molar-refractivity contribution in [3.8, 4) is 0 Å². The van der Waals surface area contributed by atoms with Crippen LogP contribution in [-0.2, 0) is 10.0 Å². The first-order valence-corrected chi connectivity index (χ1v) is 12.4. The molecule has 0 saturated carbocycles. The predicted octanol–water partition coefficient (Wildman–Crippen LogP) is 3.84. The number of primary sulfonamides is 1. The number of halogens is 3. The number of aromatic nitrogens is 3. The van der Waals surface area contributed by atoms with Gasteiger partial charge in [-0.3, -0.25) is 0 Å². The van der Waals surface area contributed by atoms with Gasteiger partial charge in [-0.25, -0.2) is 41.7 Å². The molecule has 3 N–H and O–H groups in total. The van der Waals surface area contributed by atoms with E-state index in [0.29, 0.717) is 47.7 Å². The van der Waals surface area contributed by atoms with Crippen LogP contribution in [0.3, 0.4) is 0 Å². The molecule has 0 radical (unpaired) electrons. The van der Waals surface area contributed by atoms with Gasteiger partial charge in [0.15, 0.2) is 0 Å². The molecule has 1 aliphatic rings. The molecular weight excluding hydrogens is 469 g/mol. The summed E-state index contributed by atoms with van der Waals surface area (Å²) in [6.45, 7) is 4.18. The molecule has 2 aromatic heterocycles. The van der Waals surface area contributed by atoms with Crippen LogP contribution in [0.15, 0.2) is 30.5 Å². The molecule has 8 nitrogen and oxygen atoms in total. The van der Waals surface area contributed by atoms with Crippen molar-refractivity contribution < 1.29 is 21.6 Å². The maximum Gasteiger partial charge on any atom is 0.266 e. The van der Waals surface area contributed by atoms with Crippen LogP contribution in [0.4, 0.5) is 24.8 Å². The lowest BCUT2D eigenvalue weighted by Gasteiger charge is -2.32. The number of sulfonamides is 1. The molecule has 3 aromatic rings. The third kappa shape index (κ3) is 4.92. The number of nitrogens with one attached hydrogen (secondary N) is 1. The Balaban J connectivity index is 1.69. The first kappa shape index (κ1) is 24.1. The van der Waals surface area contributed by atoms with E-state index in [0.717, 1.165) is 6.07 Å². The van der Waals surface area contributed by atoms with E-state index in [2.05, 4.69) is 20.3 Å². The van der Waals surface area contributed by atoms with Crippen LogP contribution < -0.4 is 15.4 Å². The molecule has 0 aliphatic carbocycles. The molecule has 1 aliphatic heterocycles. The monoisotopic (exact) mass is 494 g/mol. The van der Waals surface area contributed by atoms with Gasteiger partial charge in [-0.1, -0.05) is 18.2 Å². The van der Waals surface area contributed by atoms with E-state index in [1.54, 1.807) is 26.1 Å². The number of benzene rings is 1. The maximum atomic E-state index is 14.7. The lowest BCUT2D eigenvalue weighted by molar-refractivity contribution is 0.146. The minimum Gasteiger partial charge on any atom is -0.363 e. The Morgan fingerprint density at radius 3 is 2.68 bits per heavy atom. The third-order valence-electron chi connectivity index (χ3n) is 5.96. The van der Waals surface area contributed by atoms with Crippen molar-refractivity contribution >= 4 is 32.6 Å².